The molecule has 6 heteroatoms. The predicted molar refractivity (Wildman–Crippen MR) is 143 cm³/mol. The molecule has 202 valence electrons. The molecular weight excluding hydrogens is 495 g/mol. The Morgan fingerprint density at radius 2 is 1.59 bits per heavy atom. The maximum atomic E-state index is 13.1. The van der Waals surface area contributed by atoms with Crippen molar-refractivity contribution in [1.82, 2.24) is 4.90 Å². The highest BCUT2D eigenvalue weighted by Crippen LogP contribution is 2.51. The molecule has 2 aromatic carbocycles. The van der Waals surface area contributed by atoms with Crippen molar-refractivity contribution in [2.45, 2.75) is 88.3 Å². The van der Waals surface area contributed by atoms with E-state index >= 15 is 0 Å². The summed E-state index contributed by atoms with van der Waals surface area (Å²) in [5.74, 6) is 1.62. The number of benzene rings is 2. The van der Waals surface area contributed by atoms with E-state index in [-0.39, 0.29) is 11.5 Å². The lowest BCUT2D eigenvalue weighted by Gasteiger charge is -2.47. The van der Waals surface area contributed by atoms with E-state index in [0.29, 0.717) is 17.6 Å². The van der Waals surface area contributed by atoms with Crippen LogP contribution in [-0.4, -0.2) is 30.6 Å². The molecular formula is C31H39ClF3NO. The Bertz CT molecular complexity index is 997. The number of hydrogen-bond donors (Lipinski definition) is 0. The first-order chi connectivity index (χ1) is 17.8. The van der Waals surface area contributed by atoms with Gasteiger partial charge in [-0.1, -0.05) is 49.4 Å². The van der Waals surface area contributed by atoms with E-state index in [1.54, 1.807) is 0 Å². The molecule has 3 unspecified atom stereocenters. The predicted octanol–water partition coefficient (Wildman–Crippen LogP) is 8.91. The van der Waals surface area contributed by atoms with Crippen LogP contribution in [0.15, 0.2) is 48.5 Å². The van der Waals surface area contributed by atoms with Crippen molar-refractivity contribution in [2.24, 2.45) is 11.8 Å². The third-order valence-corrected chi connectivity index (χ3v) is 9.40. The zero-order valence-corrected chi connectivity index (χ0v) is 22.4. The fourth-order valence-electron chi connectivity index (χ4n) is 7.00. The van der Waals surface area contributed by atoms with E-state index in [4.69, 9.17) is 16.3 Å². The summed E-state index contributed by atoms with van der Waals surface area (Å²) in [4.78, 5) is 2.50. The lowest BCUT2D eigenvalue weighted by Crippen LogP contribution is -2.44. The van der Waals surface area contributed by atoms with Crippen molar-refractivity contribution in [2.75, 3.05) is 19.6 Å². The number of hydrogen-bond acceptors (Lipinski definition) is 2. The molecule has 5 rings (SSSR count). The molecule has 37 heavy (non-hydrogen) atoms. The fraction of sp³-hybridized carbons (Fsp3) is 0.613. The summed E-state index contributed by atoms with van der Waals surface area (Å²) < 4.78 is 45.8. The summed E-state index contributed by atoms with van der Waals surface area (Å²) in [5.41, 5.74) is 1.07. The summed E-state index contributed by atoms with van der Waals surface area (Å²) in [6.45, 7) is 3.03. The van der Waals surface area contributed by atoms with Gasteiger partial charge in [0, 0.05) is 11.6 Å². The summed E-state index contributed by atoms with van der Waals surface area (Å²) in [5, 5.41) is 0.789. The molecule has 0 aromatic heterocycles. The first-order valence-electron chi connectivity index (χ1n) is 14.1. The van der Waals surface area contributed by atoms with Gasteiger partial charge in [0.1, 0.15) is 11.9 Å². The van der Waals surface area contributed by atoms with Crippen LogP contribution in [0.5, 0.6) is 5.75 Å². The van der Waals surface area contributed by atoms with E-state index in [1.807, 2.05) is 12.1 Å². The number of likely N-dealkylation sites (tertiary alicyclic amines) is 1. The van der Waals surface area contributed by atoms with Crippen molar-refractivity contribution in [3.63, 3.8) is 0 Å². The second kappa shape index (κ2) is 11.6. The van der Waals surface area contributed by atoms with Crippen molar-refractivity contribution in [3.05, 3.63) is 64.7 Å². The molecule has 2 aromatic rings. The Morgan fingerprint density at radius 3 is 2.22 bits per heavy atom. The molecule has 2 nitrogen and oxygen atoms in total. The first-order valence-corrected chi connectivity index (χ1v) is 14.5. The molecule has 3 fully saturated rings. The van der Waals surface area contributed by atoms with E-state index < -0.39 is 11.7 Å². The monoisotopic (exact) mass is 533 g/mol. The van der Waals surface area contributed by atoms with Crippen LogP contribution in [0.1, 0.15) is 81.8 Å². The third-order valence-electron chi connectivity index (χ3n) is 9.15. The SMILES string of the molecule is FC(F)(F)c1ccc(OC(CN2CCCCC2)C2CCCC(CC3(c4ccc(Cl)cc4)CCC3)C2)cc1. The van der Waals surface area contributed by atoms with Gasteiger partial charge in [-0.25, -0.2) is 0 Å². The van der Waals surface area contributed by atoms with Gasteiger partial charge in [-0.2, -0.15) is 13.2 Å². The molecule has 0 bridgehead atoms. The number of piperidine rings is 1. The highest BCUT2D eigenvalue weighted by molar-refractivity contribution is 6.30. The molecule has 3 atom stereocenters. The van der Waals surface area contributed by atoms with Crippen molar-refractivity contribution in [1.29, 1.82) is 0 Å². The molecule has 3 aliphatic rings. The van der Waals surface area contributed by atoms with Crippen LogP contribution in [-0.2, 0) is 11.6 Å². The van der Waals surface area contributed by atoms with Gasteiger partial charge < -0.3 is 4.74 Å². The van der Waals surface area contributed by atoms with E-state index in [1.165, 1.54) is 75.5 Å². The molecule has 0 amide bonds. The van der Waals surface area contributed by atoms with Gasteiger partial charge in [-0.3, -0.25) is 4.90 Å². The quantitative estimate of drug-likeness (QED) is 0.336. The smallest absolute Gasteiger partial charge is 0.416 e. The van der Waals surface area contributed by atoms with Crippen LogP contribution in [0, 0.1) is 11.8 Å². The van der Waals surface area contributed by atoms with Crippen molar-refractivity contribution >= 4 is 11.6 Å². The Kier molecular flexibility index (Phi) is 8.40. The van der Waals surface area contributed by atoms with Gasteiger partial charge >= 0.3 is 6.18 Å². The topological polar surface area (TPSA) is 12.5 Å². The van der Waals surface area contributed by atoms with Crippen molar-refractivity contribution < 1.29 is 17.9 Å². The highest BCUT2D eigenvalue weighted by atomic mass is 35.5. The molecule has 2 aliphatic carbocycles. The molecule has 1 heterocycles. The molecule has 1 aliphatic heterocycles. The Morgan fingerprint density at radius 1 is 0.892 bits per heavy atom. The second-order valence-corrected chi connectivity index (χ2v) is 12.1. The minimum absolute atomic E-state index is 0.00510. The number of alkyl halides is 3. The minimum Gasteiger partial charge on any atom is -0.489 e. The average Bonchev–Trinajstić information content (AvgIpc) is 2.87. The van der Waals surface area contributed by atoms with Gasteiger partial charge in [0.15, 0.2) is 0 Å². The fourth-order valence-corrected chi connectivity index (χ4v) is 7.13. The van der Waals surface area contributed by atoms with Crippen LogP contribution >= 0.6 is 11.6 Å². The zero-order valence-electron chi connectivity index (χ0n) is 21.6. The molecule has 0 spiro atoms. The second-order valence-electron chi connectivity index (χ2n) is 11.7. The maximum absolute atomic E-state index is 13.1. The van der Waals surface area contributed by atoms with Crippen LogP contribution in [0.4, 0.5) is 13.2 Å². The first kappa shape index (κ1) is 26.9. The van der Waals surface area contributed by atoms with E-state index in [2.05, 4.69) is 17.0 Å². The van der Waals surface area contributed by atoms with Crippen LogP contribution in [0.25, 0.3) is 0 Å². The molecule has 0 N–H and O–H groups in total. The number of halogens is 4. The normalized spacial score (nSPS) is 25.3. The lowest BCUT2D eigenvalue weighted by atomic mass is 9.58. The van der Waals surface area contributed by atoms with Crippen molar-refractivity contribution in [3.8, 4) is 5.75 Å². The minimum atomic E-state index is -4.33. The summed E-state index contributed by atoms with van der Waals surface area (Å²) >= 11 is 6.17. The number of nitrogens with zero attached hydrogens (tertiary/aromatic N) is 1. The number of rotatable bonds is 8. The van der Waals surface area contributed by atoms with Crippen LogP contribution in [0.2, 0.25) is 5.02 Å². The average molecular weight is 534 g/mol. The third kappa shape index (κ3) is 6.65. The summed E-state index contributed by atoms with van der Waals surface area (Å²) in [6, 6.07) is 13.8. The van der Waals surface area contributed by atoms with E-state index in [9.17, 15) is 13.2 Å². The van der Waals surface area contributed by atoms with Gasteiger partial charge in [-0.05, 0) is 117 Å². The largest absolute Gasteiger partial charge is 0.489 e. The molecule has 2 saturated carbocycles. The lowest BCUT2D eigenvalue weighted by molar-refractivity contribution is -0.137. The Balaban J connectivity index is 1.29. The molecule has 0 radical (unpaired) electrons. The molecule has 1 saturated heterocycles. The number of ether oxygens (including phenoxy) is 1. The summed E-state index contributed by atoms with van der Waals surface area (Å²) in [7, 11) is 0. The Labute approximate surface area is 224 Å². The zero-order chi connectivity index (χ0) is 25.9. The van der Waals surface area contributed by atoms with Gasteiger partial charge in [0.05, 0.1) is 5.56 Å². The van der Waals surface area contributed by atoms with Gasteiger partial charge in [0.25, 0.3) is 0 Å². The van der Waals surface area contributed by atoms with Gasteiger partial charge in [-0.15, -0.1) is 0 Å². The summed E-state index contributed by atoms with van der Waals surface area (Å²) in [6.07, 6.45) is 9.07. The van der Waals surface area contributed by atoms with Crippen LogP contribution < -0.4 is 4.74 Å². The van der Waals surface area contributed by atoms with Gasteiger partial charge in [0.2, 0.25) is 0 Å². The standard InChI is InChI=1S/C31H39ClF3NO/c32-27-12-8-25(9-13-27)30(16-5-17-30)21-23-6-4-7-24(20-23)29(22-36-18-2-1-3-19-36)37-28-14-10-26(11-15-28)31(33,34)35/h8-15,23-24,29H,1-7,16-22H2. The maximum Gasteiger partial charge on any atom is 0.416 e. The Hall–Kier alpha value is -1.72. The van der Waals surface area contributed by atoms with Crippen LogP contribution in [0.3, 0.4) is 0 Å². The highest BCUT2D eigenvalue weighted by Gasteiger charge is 2.42. The van der Waals surface area contributed by atoms with E-state index in [0.717, 1.165) is 49.6 Å².